The highest BCUT2D eigenvalue weighted by molar-refractivity contribution is 6.19. The van der Waals surface area contributed by atoms with E-state index in [1.807, 2.05) is 31.3 Å². The van der Waals surface area contributed by atoms with E-state index in [-0.39, 0.29) is 11.3 Å². The summed E-state index contributed by atoms with van der Waals surface area (Å²) >= 11 is 0. The predicted octanol–water partition coefficient (Wildman–Crippen LogP) is 4.15. The van der Waals surface area contributed by atoms with Gasteiger partial charge in [0.05, 0.1) is 19.9 Å². The van der Waals surface area contributed by atoms with Crippen molar-refractivity contribution in [2.24, 2.45) is 7.05 Å². The van der Waals surface area contributed by atoms with Crippen molar-refractivity contribution in [3.8, 4) is 17.2 Å². The first kappa shape index (κ1) is 21.3. The van der Waals surface area contributed by atoms with Crippen molar-refractivity contribution in [3.63, 3.8) is 0 Å². The van der Waals surface area contributed by atoms with Crippen LogP contribution in [0.1, 0.15) is 10.5 Å². The fourth-order valence-electron chi connectivity index (χ4n) is 4.13. The van der Waals surface area contributed by atoms with Crippen LogP contribution in [0.15, 0.2) is 77.6 Å². The number of anilines is 1. The van der Waals surface area contributed by atoms with Crippen LogP contribution < -0.4 is 20.3 Å². The second kappa shape index (κ2) is 8.40. The molecular formula is C26H22N4O4. The second-order valence-corrected chi connectivity index (χ2v) is 7.75. The van der Waals surface area contributed by atoms with Crippen molar-refractivity contribution in [3.05, 3.63) is 88.8 Å². The zero-order chi connectivity index (χ0) is 23.8. The molecule has 0 fully saturated rings. The van der Waals surface area contributed by atoms with Crippen LogP contribution in [0.5, 0.6) is 11.5 Å². The summed E-state index contributed by atoms with van der Waals surface area (Å²) in [6, 6.07) is 21.6. The highest BCUT2D eigenvalue weighted by Gasteiger charge is 2.23. The van der Waals surface area contributed by atoms with Crippen LogP contribution in [-0.2, 0) is 7.05 Å². The topological polar surface area (TPSA) is 87.4 Å². The minimum Gasteiger partial charge on any atom is -0.497 e. The first-order chi connectivity index (χ1) is 16.5. The molecule has 0 radical (unpaired) electrons. The third kappa shape index (κ3) is 3.45. The summed E-state index contributed by atoms with van der Waals surface area (Å²) in [4.78, 5) is 27.1. The molecule has 0 saturated carbocycles. The van der Waals surface area contributed by atoms with Gasteiger partial charge >= 0.3 is 0 Å². The Bertz CT molecular complexity index is 1600. The van der Waals surface area contributed by atoms with Crippen LogP contribution in [0.25, 0.3) is 27.5 Å². The molecule has 0 bridgehead atoms. The number of carbonyl (C=O) groups excluding carboxylic acids is 1. The summed E-state index contributed by atoms with van der Waals surface area (Å²) in [5.74, 6) is 0.833. The third-order valence-corrected chi connectivity index (χ3v) is 5.80. The van der Waals surface area contributed by atoms with Gasteiger partial charge in [0.15, 0.2) is 5.69 Å². The van der Waals surface area contributed by atoms with Crippen molar-refractivity contribution < 1.29 is 14.3 Å². The van der Waals surface area contributed by atoms with Crippen molar-refractivity contribution in [1.82, 2.24) is 14.3 Å². The lowest BCUT2D eigenvalue weighted by molar-refractivity contribution is 0.102. The van der Waals surface area contributed by atoms with Gasteiger partial charge in [0.1, 0.15) is 17.0 Å². The van der Waals surface area contributed by atoms with Crippen LogP contribution in [-0.4, -0.2) is 34.5 Å². The van der Waals surface area contributed by atoms with Crippen LogP contribution in [0.3, 0.4) is 0 Å². The number of aromatic nitrogens is 3. The molecule has 3 aromatic carbocycles. The maximum Gasteiger partial charge on any atom is 0.296 e. The van der Waals surface area contributed by atoms with E-state index in [1.165, 1.54) is 4.68 Å². The smallest absolute Gasteiger partial charge is 0.296 e. The van der Waals surface area contributed by atoms with Gasteiger partial charge in [0.25, 0.3) is 11.5 Å². The average Bonchev–Trinajstić information content (AvgIpc) is 3.17. The van der Waals surface area contributed by atoms with E-state index in [9.17, 15) is 9.59 Å². The Morgan fingerprint density at radius 1 is 0.912 bits per heavy atom. The molecular weight excluding hydrogens is 432 g/mol. The number of ether oxygens (including phenoxy) is 2. The van der Waals surface area contributed by atoms with E-state index in [2.05, 4.69) is 10.4 Å². The predicted molar refractivity (Wildman–Crippen MR) is 131 cm³/mol. The molecule has 170 valence electrons. The van der Waals surface area contributed by atoms with Crippen molar-refractivity contribution >= 4 is 33.4 Å². The number of amides is 1. The molecule has 1 amide bonds. The first-order valence-electron chi connectivity index (χ1n) is 10.6. The van der Waals surface area contributed by atoms with Crippen molar-refractivity contribution in [2.45, 2.75) is 0 Å². The van der Waals surface area contributed by atoms with Crippen LogP contribution in [0.4, 0.5) is 5.69 Å². The van der Waals surface area contributed by atoms with E-state index < -0.39 is 5.91 Å². The van der Waals surface area contributed by atoms with E-state index in [0.717, 1.165) is 10.9 Å². The summed E-state index contributed by atoms with van der Waals surface area (Å²) < 4.78 is 13.5. The van der Waals surface area contributed by atoms with Crippen LogP contribution in [0, 0.1) is 0 Å². The molecule has 0 aliphatic rings. The number of nitrogens with zero attached hydrogens (tertiary/aromatic N) is 3. The molecule has 2 heterocycles. The molecule has 1 N–H and O–H groups in total. The molecule has 0 aliphatic heterocycles. The number of nitrogens with one attached hydrogen (secondary N) is 1. The van der Waals surface area contributed by atoms with Crippen LogP contribution in [0.2, 0.25) is 0 Å². The lowest BCUT2D eigenvalue weighted by atomic mass is 10.1. The SMILES string of the molecule is COc1ccc(-n2nc(C(=O)Nc3cccc(OC)c3)c3c4ccccc4n(C)c3c2=O)cc1. The lowest BCUT2D eigenvalue weighted by Crippen LogP contribution is -2.27. The molecule has 0 spiro atoms. The van der Waals surface area contributed by atoms with Gasteiger partial charge in [-0.1, -0.05) is 24.3 Å². The second-order valence-electron chi connectivity index (χ2n) is 7.75. The number of hydrogen-bond acceptors (Lipinski definition) is 5. The Hall–Kier alpha value is -4.59. The van der Waals surface area contributed by atoms with Crippen molar-refractivity contribution in [2.75, 3.05) is 19.5 Å². The Morgan fingerprint density at radius 3 is 2.38 bits per heavy atom. The molecule has 5 aromatic rings. The Labute approximate surface area is 195 Å². The maximum atomic E-state index is 13.6. The van der Waals surface area contributed by atoms with E-state index in [4.69, 9.17) is 9.47 Å². The quantitative estimate of drug-likeness (QED) is 0.431. The summed E-state index contributed by atoms with van der Waals surface area (Å²) in [7, 11) is 4.95. The fourth-order valence-corrected chi connectivity index (χ4v) is 4.13. The molecule has 8 nitrogen and oxygen atoms in total. The van der Waals surface area contributed by atoms with Crippen LogP contribution >= 0.6 is 0 Å². The lowest BCUT2D eigenvalue weighted by Gasteiger charge is -2.11. The van der Waals surface area contributed by atoms with Crippen molar-refractivity contribution in [1.29, 1.82) is 0 Å². The number of carbonyl (C=O) groups is 1. The molecule has 0 aliphatic carbocycles. The number of methoxy groups -OCH3 is 2. The standard InChI is InChI=1S/C26H22N4O4/c1-29-21-10-5-4-9-20(21)22-23(25(31)27-16-7-6-8-19(15-16)34-3)28-30(26(32)24(22)29)17-11-13-18(33-2)14-12-17/h4-15H,1-3H3,(H,27,31). The van der Waals surface area contributed by atoms with E-state index in [0.29, 0.717) is 33.8 Å². The highest BCUT2D eigenvalue weighted by Crippen LogP contribution is 2.29. The number of fused-ring (bicyclic) bond motifs is 3. The van der Waals surface area contributed by atoms with Gasteiger partial charge in [0, 0.05) is 35.1 Å². The number of rotatable bonds is 5. The van der Waals surface area contributed by atoms with Gasteiger partial charge in [-0.05, 0) is 42.5 Å². The first-order valence-corrected chi connectivity index (χ1v) is 10.6. The van der Waals surface area contributed by atoms with Gasteiger partial charge < -0.3 is 19.4 Å². The van der Waals surface area contributed by atoms with Gasteiger partial charge in [-0.25, -0.2) is 0 Å². The molecule has 2 aromatic heterocycles. The number of para-hydroxylation sites is 1. The molecule has 5 rings (SSSR count). The highest BCUT2D eigenvalue weighted by atomic mass is 16.5. The largest absolute Gasteiger partial charge is 0.497 e. The molecule has 0 unspecified atom stereocenters. The van der Waals surface area contributed by atoms with E-state index in [1.54, 1.807) is 67.3 Å². The summed E-state index contributed by atoms with van der Waals surface area (Å²) in [5, 5.41) is 8.71. The number of hydrogen-bond donors (Lipinski definition) is 1. The Balaban J connectivity index is 1.76. The molecule has 0 atom stereocenters. The minimum atomic E-state index is -0.433. The Kier molecular flexibility index (Phi) is 5.25. The number of benzene rings is 3. The van der Waals surface area contributed by atoms with Gasteiger partial charge in [-0.2, -0.15) is 9.78 Å². The van der Waals surface area contributed by atoms with Gasteiger partial charge in [0.2, 0.25) is 0 Å². The third-order valence-electron chi connectivity index (χ3n) is 5.80. The fraction of sp³-hybridized carbons (Fsp3) is 0.115. The molecule has 8 heteroatoms. The average molecular weight is 454 g/mol. The van der Waals surface area contributed by atoms with Gasteiger partial charge in [-0.15, -0.1) is 0 Å². The zero-order valence-electron chi connectivity index (χ0n) is 18.9. The monoisotopic (exact) mass is 454 g/mol. The van der Waals surface area contributed by atoms with E-state index >= 15 is 0 Å². The number of aryl methyl sites for hydroxylation is 1. The van der Waals surface area contributed by atoms with Gasteiger partial charge in [-0.3, -0.25) is 9.59 Å². The zero-order valence-corrected chi connectivity index (χ0v) is 18.9. The maximum absolute atomic E-state index is 13.6. The normalized spacial score (nSPS) is 11.0. The minimum absolute atomic E-state index is 0.144. The summed E-state index contributed by atoms with van der Waals surface area (Å²) in [5.41, 5.74) is 2.12. The molecule has 34 heavy (non-hydrogen) atoms. The summed E-state index contributed by atoms with van der Waals surface area (Å²) in [6.45, 7) is 0. The Morgan fingerprint density at radius 2 is 1.65 bits per heavy atom. The molecule has 0 saturated heterocycles. The summed E-state index contributed by atoms with van der Waals surface area (Å²) in [6.07, 6.45) is 0.